The summed E-state index contributed by atoms with van der Waals surface area (Å²) in [6, 6.07) is 9.77. The summed E-state index contributed by atoms with van der Waals surface area (Å²) < 4.78 is 7.93. The number of carbonyl (C=O) groups excluding carboxylic acids is 1. The van der Waals surface area contributed by atoms with Gasteiger partial charge in [0.15, 0.2) is 0 Å². The number of nitrogens with zero attached hydrogens (tertiary/aromatic N) is 2. The van der Waals surface area contributed by atoms with Crippen LogP contribution < -0.4 is 5.32 Å². The Morgan fingerprint density at radius 2 is 1.96 bits per heavy atom. The predicted octanol–water partition coefficient (Wildman–Crippen LogP) is 2.92. The van der Waals surface area contributed by atoms with Crippen LogP contribution >= 0.6 is 0 Å². The molecule has 1 amide bonds. The minimum atomic E-state index is 0.0769. The Balaban J connectivity index is 1.44. The van der Waals surface area contributed by atoms with E-state index in [1.54, 1.807) is 0 Å². The van der Waals surface area contributed by atoms with E-state index in [1.165, 1.54) is 19.3 Å². The Kier molecular flexibility index (Phi) is 4.02. The van der Waals surface area contributed by atoms with E-state index in [9.17, 15) is 4.79 Å². The minimum absolute atomic E-state index is 0.0769. The average Bonchev–Trinajstić information content (AvgIpc) is 2.97. The molecule has 1 aromatic heterocycles. The number of benzene rings is 1. The van der Waals surface area contributed by atoms with Crippen LogP contribution in [0.15, 0.2) is 24.3 Å². The third kappa shape index (κ3) is 2.57. The third-order valence-corrected chi connectivity index (χ3v) is 6.68. The van der Waals surface area contributed by atoms with Gasteiger partial charge in [0.05, 0.1) is 24.5 Å². The second-order valence-electron chi connectivity index (χ2n) is 8.09. The van der Waals surface area contributed by atoms with Crippen molar-refractivity contribution in [1.82, 2.24) is 14.8 Å². The smallest absolute Gasteiger partial charge is 0.254 e. The minimum Gasteiger partial charge on any atom is -0.373 e. The molecule has 3 aliphatic heterocycles. The number of fused-ring (bicyclic) bond motifs is 5. The number of amides is 1. The maximum Gasteiger partial charge on any atom is 0.254 e. The molecule has 5 rings (SSSR count). The van der Waals surface area contributed by atoms with E-state index in [0.717, 1.165) is 41.5 Å². The number of piperidine rings is 2. The van der Waals surface area contributed by atoms with Crippen LogP contribution in [0.5, 0.6) is 0 Å². The van der Waals surface area contributed by atoms with Crippen molar-refractivity contribution in [3.05, 3.63) is 35.5 Å². The predicted molar refractivity (Wildman–Crippen MR) is 101 cm³/mol. The molecule has 4 heterocycles. The molecular formula is C21H27N3O2. The highest BCUT2D eigenvalue weighted by atomic mass is 16.5. The Morgan fingerprint density at radius 1 is 1.19 bits per heavy atom. The quantitative estimate of drug-likeness (QED) is 0.903. The van der Waals surface area contributed by atoms with E-state index in [-0.39, 0.29) is 11.9 Å². The number of nitrogens with one attached hydrogen (secondary N) is 1. The first-order valence-electron chi connectivity index (χ1n) is 9.93. The van der Waals surface area contributed by atoms with Gasteiger partial charge >= 0.3 is 0 Å². The number of ether oxygens (including phenoxy) is 1. The van der Waals surface area contributed by atoms with Gasteiger partial charge in [-0.05, 0) is 38.8 Å². The van der Waals surface area contributed by atoms with Crippen LogP contribution in [0.1, 0.15) is 48.2 Å². The summed E-state index contributed by atoms with van der Waals surface area (Å²) in [5.41, 5.74) is 3.00. The zero-order chi connectivity index (χ0) is 17.7. The fraction of sp³-hybridized carbons (Fsp3) is 0.571. The molecule has 0 radical (unpaired) electrons. The van der Waals surface area contributed by atoms with Crippen LogP contribution in [-0.2, 0) is 17.9 Å². The summed E-state index contributed by atoms with van der Waals surface area (Å²) in [5.74, 6) is 0.0769. The lowest BCUT2D eigenvalue weighted by Crippen LogP contribution is -2.55. The lowest BCUT2D eigenvalue weighted by Gasteiger charge is -2.47. The number of carbonyl (C=O) groups is 1. The molecule has 2 bridgehead atoms. The Bertz CT molecular complexity index is 829. The van der Waals surface area contributed by atoms with Crippen molar-refractivity contribution in [2.45, 2.75) is 63.4 Å². The van der Waals surface area contributed by atoms with E-state index < -0.39 is 0 Å². The van der Waals surface area contributed by atoms with Gasteiger partial charge in [0, 0.05) is 35.6 Å². The molecule has 2 saturated heterocycles. The van der Waals surface area contributed by atoms with Crippen molar-refractivity contribution in [3.8, 4) is 0 Å². The summed E-state index contributed by atoms with van der Waals surface area (Å²) in [7, 11) is 2.25. The van der Waals surface area contributed by atoms with Crippen LogP contribution in [-0.4, -0.2) is 47.2 Å². The van der Waals surface area contributed by atoms with Crippen molar-refractivity contribution in [2.75, 3.05) is 13.7 Å². The highest BCUT2D eigenvalue weighted by molar-refractivity contribution is 6.08. The third-order valence-electron chi connectivity index (χ3n) is 6.68. The average molecular weight is 353 g/mol. The van der Waals surface area contributed by atoms with Gasteiger partial charge in [-0.2, -0.15) is 0 Å². The molecule has 26 heavy (non-hydrogen) atoms. The van der Waals surface area contributed by atoms with Gasteiger partial charge in [-0.15, -0.1) is 0 Å². The second-order valence-corrected chi connectivity index (χ2v) is 8.09. The van der Waals surface area contributed by atoms with E-state index in [2.05, 4.69) is 34.0 Å². The zero-order valence-corrected chi connectivity index (χ0v) is 15.4. The first-order chi connectivity index (χ1) is 12.7. The summed E-state index contributed by atoms with van der Waals surface area (Å²) in [6.07, 6.45) is 6.00. The monoisotopic (exact) mass is 353 g/mol. The van der Waals surface area contributed by atoms with E-state index in [0.29, 0.717) is 25.3 Å². The van der Waals surface area contributed by atoms with Crippen molar-refractivity contribution in [2.24, 2.45) is 0 Å². The zero-order valence-electron chi connectivity index (χ0n) is 15.4. The van der Waals surface area contributed by atoms with Crippen LogP contribution in [0.2, 0.25) is 0 Å². The molecular weight excluding hydrogens is 326 g/mol. The standard InChI is InChI=1S/C21H27N3O2/c1-23-15-5-4-6-16(23)12-14(11-15)22-21(25)20-17-7-2-3-8-18(17)24-9-10-26-13-19(20)24/h2-3,7-8,14-16H,4-6,9-13H2,1H3,(H,22,25). The number of hydrogen-bond donors (Lipinski definition) is 1. The molecule has 2 fully saturated rings. The van der Waals surface area contributed by atoms with Crippen LogP contribution in [0, 0.1) is 0 Å². The molecule has 2 unspecified atom stereocenters. The molecule has 138 valence electrons. The summed E-state index contributed by atoms with van der Waals surface area (Å²) in [5, 5.41) is 4.43. The molecule has 1 aromatic carbocycles. The molecule has 3 aliphatic rings. The molecule has 0 spiro atoms. The van der Waals surface area contributed by atoms with Gasteiger partial charge in [0.25, 0.3) is 5.91 Å². The normalized spacial score (nSPS) is 28.7. The number of hydrogen-bond acceptors (Lipinski definition) is 3. The molecule has 2 aromatic rings. The van der Waals surface area contributed by atoms with Crippen molar-refractivity contribution in [3.63, 3.8) is 0 Å². The van der Waals surface area contributed by atoms with Crippen LogP contribution in [0.25, 0.3) is 10.9 Å². The SMILES string of the molecule is CN1C2CCCC1CC(NC(=O)c1c3n(c4ccccc14)CCOC3)C2. The molecule has 2 atom stereocenters. The van der Waals surface area contributed by atoms with Crippen LogP contribution in [0.3, 0.4) is 0 Å². The van der Waals surface area contributed by atoms with Gasteiger partial charge in [0.2, 0.25) is 0 Å². The summed E-state index contributed by atoms with van der Waals surface area (Å²) in [4.78, 5) is 15.8. The van der Waals surface area contributed by atoms with Crippen LogP contribution in [0.4, 0.5) is 0 Å². The topological polar surface area (TPSA) is 46.5 Å². The highest BCUT2D eigenvalue weighted by Crippen LogP contribution is 2.34. The Hall–Kier alpha value is -1.85. The van der Waals surface area contributed by atoms with Crippen molar-refractivity contribution < 1.29 is 9.53 Å². The van der Waals surface area contributed by atoms with Gasteiger partial charge in [0.1, 0.15) is 0 Å². The maximum absolute atomic E-state index is 13.3. The highest BCUT2D eigenvalue weighted by Gasteiger charge is 2.37. The largest absolute Gasteiger partial charge is 0.373 e. The van der Waals surface area contributed by atoms with E-state index in [4.69, 9.17) is 4.74 Å². The maximum atomic E-state index is 13.3. The second kappa shape index (κ2) is 6.39. The molecule has 5 heteroatoms. The summed E-state index contributed by atoms with van der Waals surface area (Å²) >= 11 is 0. The van der Waals surface area contributed by atoms with E-state index in [1.807, 2.05) is 12.1 Å². The molecule has 0 saturated carbocycles. The van der Waals surface area contributed by atoms with Gasteiger partial charge in [-0.25, -0.2) is 0 Å². The van der Waals surface area contributed by atoms with Crippen molar-refractivity contribution >= 4 is 16.8 Å². The number of rotatable bonds is 2. The molecule has 0 aliphatic carbocycles. The lowest BCUT2D eigenvalue weighted by molar-refractivity contribution is 0.0460. The first kappa shape index (κ1) is 16.3. The van der Waals surface area contributed by atoms with Crippen molar-refractivity contribution in [1.29, 1.82) is 0 Å². The van der Waals surface area contributed by atoms with Gasteiger partial charge < -0.3 is 19.5 Å². The number of aromatic nitrogens is 1. The fourth-order valence-corrected chi connectivity index (χ4v) is 5.33. The van der Waals surface area contributed by atoms with Gasteiger partial charge in [-0.1, -0.05) is 24.6 Å². The first-order valence-corrected chi connectivity index (χ1v) is 9.93. The Morgan fingerprint density at radius 3 is 2.77 bits per heavy atom. The Labute approximate surface area is 154 Å². The molecule has 1 N–H and O–H groups in total. The van der Waals surface area contributed by atoms with Gasteiger partial charge in [-0.3, -0.25) is 4.79 Å². The van der Waals surface area contributed by atoms with E-state index >= 15 is 0 Å². The lowest BCUT2D eigenvalue weighted by atomic mass is 9.82. The number of para-hydroxylation sites is 1. The summed E-state index contributed by atoms with van der Waals surface area (Å²) in [6.45, 7) is 2.06. The fourth-order valence-electron chi connectivity index (χ4n) is 5.33. The molecule has 5 nitrogen and oxygen atoms in total.